The summed E-state index contributed by atoms with van der Waals surface area (Å²) in [5.74, 6) is 0.279. The molecule has 0 unspecified atom stereocenters. The molecule has 0 aliphatic heterocycles. The lowest BCUT2D eigenvalue weighted by atomic mass is 10.0. The minimum atomic E-state index is -0.684. The number of ether oxygens (including phenoxy) is 1. The monoisotopic (exact) mass is 345 g/mol. The minimum Gasteiger partial charge on any atom is -0.480 e. The largest absolute Gasteiger partial charge is 0.480 e. The van der Waals surface area contributed by atoms with Gasteiger partial charge in [-0.3, -0.25) is 4.79 Å². The van der Waals surface area contributed by atoms with Crippen LogP contribution in [0.25, 0.3) is 11.0 Å². The Hall–Kier alpha value is -2.34. The number of nitrogens with one attached hydrogen (secondary N) is 1. The maximum atomic E-state index is 12.2. The number of benzene rings is 1. The molecule has 0 fully saturated rings. The van der Waals surface area contributed by atoms with Crippen LogP contribution in [-0.4, -0.2) is 30.3 Å². The molecule has 1 amide bonds. The van der Waals surface area contributed by atoms with E-state index >= 15 is 0 Å². The molecule has 25 heavy (non-hydrogen) atoms. The van der Waals surface area contributed by atoms with Crippen molar-refractivity contribution in [1.29, 1.82) is 0 Å². The van der Waals surface area contributed by atoms with Crippen LogP contribution in [0, 0.1) is 6.92 Å². The van der Waals surface area contributed by atoms with Gasteiger partial charge in [0.25, 0.3) is 5.91 Å². The maximum absolute atomic E-state index is 12.2. The second-order valence-corrected chi connectivity index (χ2v) is 6.39. The molecule has 6 nitrogen and oxygen atoms in total. The van der Waals surface area contributed by atoms with Gasteiger partial charge in [0.15, 0.2) is 6.10 Å². The zero-order valence-corrected chi connectivity index (χ0v) is 14.6. The Kier molecular flexibility index (Phi) is 5.08. The van der Waals surface area contributed by atoms with E-state index in [0.717, 1.165) is 41.3 Å². The van der Waals surface area contributed by atoms with Crippen LogP contribution >= 0.6 is 0 Å². The van der Waals surface area contributed by atoms with Crippen LogP contribution in [0.3, 0.4) is 0 Å². The third kappa shape index (κ3) is 3.39. The van der Waals surface area contributed by atoms with E-state index < -0.39 is 6.10 Å². The molecular formula is C19H23NO5. The lowest BCUT2D eigenvalue weighted by molar-refractivity contribution is -0.127. The highest BCUT2D eigenvalue weighted by atomic mass is 16.5. The number of hydrogen-bond acceptors (Lipinski definition) is 5. The number of carbonyl (C=O) groups excluding carboxylic acids is 1. The van der Waals surface area contributed by atoms with Gasteiger partial charge in [-0.05, 0) is 57.2 Å². The Labute approximate surface area is 145 Å². The first-order valence-corrected chi connectivity index (χ1v) is 8.66. The summed E-state index contributed by atoms with van der Waals surface area (Å²) in [6.45, 7) is 3.93. The summed E-state index contributed by atoms with van der Waals surface area (Å²) >= 11 is 0. The third-order valence-electron chi connectivity index (χ3n) is 4.65. The molecule has 1 aromatic carbocycles. The Morgan fingerprint density at radius 2 is 2.12 bits per heavy atom. The van der Waals surface area contributed by atoms with Gasteiger partial charge in [0.1, 0.15) is 11.3 Å². The van der Waals surface area contributed by atoms with E-state index in [1.165, 1.54) is 0 Å². The van der Waals surface area contributed by atoms with Crippen LogP contribution in [-0.2, 0) is 17.6 Å². The van der Waals surface area contributed by atoms with Crippen molar-refractivity contribution in [3.8, 4) is 5.75 Å². The lowest BCUT2D eigenvalue weighted by Crippen LogP contribution is -2.37. The standard InChI is InChI=1S/C19H23NO5/c1-11-16(24-12(2)18(22)20-9-4-10-21)8-7-14-13-5-3-6-15(13)19(23)25-17(11)14/h7-8,12,21H,3-6,9-10H2,1-2H3,(H,20,22)/t12-/m0/s1. The van der Waals surface area contributed by atoms with Gasteiger partial charge in [0, 0.05) is 29.7 Å². The van der Waals surface area contributed by atoms with Crippen molar-refractivity contribution in [2.24, 2.45) is 0 Å². The molecule has 6 heteroatoms. The molecular weight excluding hydrogens is 322 g/mol. The number of rotatable bonds is 6. The van der Waals surface area contributed by atoms with Crippen LogP contribution < -0.4 is 15.7 Å². The molecule has 134 valence electrons. The molecule has 0 spiro atoms. The Morgan fingerprint density at radius 3 is 2.88 bits per heavy atom. The van der Waals surface area contributed by atoms with Gasteiger partial charge >= 0.3 is 5.63 Å². The topological polar surface area (TPSA) is 88.8 Å². The van der Waals surface area contributed by atoms with Crippen molar-refractivity contribution in [2.75, 3.05) is 13.2 Å². The van der Waals surface area contributed by atoms with Crippen LogP contribution in [0.1, 0.15) is 36.5 Å². The lowest BCUT2D eigenvalue weighted by Gasteiger charge is -2.17. The predicted octanol–water partition coefficient (Wildman–Crippen LogP) is 1.86. The van der Waals surface area contributed by atoms with Crippen molar-refractivity contribution >= 4 is 16.9 Å². The van der Waals surface area contributed by atoms with Crippen molar-refractivity contribution in [2.45, 2.75) is 45.6 Å². The van der Waals surface area contributed by atoms with Gasteiger partial charge in [-0.25, -0.2) is 4.79 Å². The molecule has 0 saturated heterocycles. The smallest absolute Gasteiger partial charge is 0.339 e. The average molecular weight is 345 g/mol. The number of hydrogen-bond donors (Lipinski definition) is 2. The number of aliphatic hydroxyl groups excluding tert-OH is 1. The zero-order valence-electron chi connectivity index (χ0n) is 14.6. The van der Waals surface area contributed by atoms with E-state index in [-0.39, 0.29) is 18.1 Å². The van der Waals surface area contributed by atoms with Gasteiger partial charge in [-0.1, -0.05) is 0 Å². The molecule has 1 aliphatic rings. The van der Waals surface area contributed by atoms with Gasteiger partial charge in [-0.15, -0.1) is 0 Å². The number of carbonyl (C=O) groups is 1. The van der Waals surface area contributed by atoms with Crippen LogP contribution in [0.4, 0.5) is 0 Å². The first-order chi connectivity index (χ1) is 12.0. The van der Waals surface area contributed by atoms with E-state index in [1.807, 2.05) is 19.1 Å². The number of aliphatic hydroxyl groups is 1. The summed E-state index contributed by atoms with van der Waals surface area (Å²) in [5, 5.41) is 12.4. The quantitative estimate of drug-likeness (QED) is 0.616. The molecule has 0 saturated carbocycles. The van der Waals surface area contributed by atoms with E-state index in [2.05, 4.69) is 5.32 Å². The highest BCUT2D eigenvalue weighted by molar-refractivity contribution is 5.86. The highest BCUT2D eigenvalue weighted by Gasteiger charge is 2.22. The van der Waals surface area contributed by atoms with Crippen molar-refractivity contribution < 1.29 is 19.1 Å². The first kappa shape index (κ1) is 17.5. The zero-order chi connectivity index (χ0) is 18.0. The number of amides is 1. The maximum Gasteiger partial charge on any atom is 0.339 e. The van der Waals surface area contributed by atoms with Gasteiger partial charge in [-0.2, -0.15) is 0 Å². The average Bonchev–Trinajstić information content (AvgIpc) is 3.08. The van der Waals surface area contributed by atoms with Gasteiger partial charge in [0.2, 0.25) is 0 Å². The molecule has 0 bridgehead atoms. The van der Waals surface area contributed by atoms with E-state index in [4.69, 9.17) is 14.3 Å². The number of fused-ring (bicyclic) bond motifs is 3. The Bertz CT molecular complexity index is 855. The van der Waals surface area contributed by atoms with Crippen molar-refractivity contribution in [3.05, 3.63) is 39.2 Å². The second kappa shape index (κ2) is 7.27. The first-order valence-electron chi connectivity index (χ1n) is 8.66. The summed E-state index contributed by atoms with van der Waals surface area (Å²) in [5.41, 5.74) is 2.86. The molecule has 2 aromatic rings. The van der Waals surface area contributed by atoms with Crippen LogP contribution in [0.2, 0.25) is 0 Å². The van der Waals surface area contributed by atoms with Crippen LogP contribution in [0.15, 0.2) is 21.3 Å². The third-order valence-corrected chi connectivity index (χ3v) is 4.65. The molecule has 1 atom stereocenters. The summed E-state index contributed by atoms with van der Waals surface area (Å²) in [7, 11) is 0. The fraction of sp³-hybridized carbons (Fsp3) is 0.474. The fourth-order valence-electron chi connectivity index (χ4n) is 3.27. The highest BCUT2D eigenvalue weighted by Crippen LogP contribution is 2.33. The summed E-state index contributed by atoms with van der Waals surface area (Å²) in [4.78, 5) is 24.2. The molecule has 1 aromatic heterocycles. The SMILES string of the molecule is Cc1c(O[C@@H](C)C(=O)NCCCO)ccc2c3c(c(=O)oc12)CCC3. The summed E-state index contributed by atoms with van der Waals surface area (Å²) < 4.78 is 11.3. The van der Waals surface area contributed by atoms with Crippen molar-refractivity contribution in [3.63, 3.8) is 0 Å². The normalized spacial score (nSPS) is 14.4. The Balaban J connectivity index is 1.86. The fourth-order valence-corrected chi connectivity index (χ4v) is 3.27. The summed E-state index contributed by atoms with van der Waals surface area (Å²) in [6.07, 6.45) is 2.46. The van der Waals surface area contributed by atoms with Gasteiger partial charge < -0.3 is 19.6 Å². The molecule has 2 N–H and O–H groups in total. The molecule has 3 rings (SSSR count). The van der Waals surface area contributed by atoms with E-state index in [1.54, 1.807) is 6.92 Å². The predicted molar refractivity (Wildman–Crippen MR) is 94.0 cm³/mol. The van der Waals surface area contributed by atoms with Gasteiger partial charge in [0.05, 0.1) is 0 Å². The van der Waals surface area contributed by atoms with E-state index in [0.29, 0.717) is 24.3 Å². The second-order valence-electron chi connectivity index (χ2n) is 6.39. The Morgan fingerprint density at radius 1 is 1.36 bits per heavy atom. The minimum absolute atomic E-state index is 0.0304. The van der Waals surface area contributed by atoms with Crippen molar-refractivity contribution in [1.82, 2.24) is 5.32 Å². The van der Waals surface area contributed by atoms with E-state index in [9.17, 15) is 9.59 Å². The van der Waals surface area contributed by atoms with Crippen LogP contribution in [0.5, 0.6) is 5.75 Å². The summed E-state index contributed by atoms with van der Waals surface area (Å²) in [6, 6.07) is 3.73. The molecule has 1 heterocycles. The number of aryl methyl sites for hydroxylation is 2. The molecule has 1 aliphatic carbocycles. The molecule has 0 radical (unpaired) electrons.